The number of fused-ring (bicyclic) bond motifs is 1. The lowest BCUT2D eigenvalue weighted by Gasteiger charge is -2.10. The lowest BCUT2D eigenvalue weighted by Crippen LogP contribution is -1.95. The average Bonchev–Trinajstić information content (AvgIpc) is 2.80. The van der Waals surface area contributed by atoms with Crippen molar-refractivity contribution in [3.8, 4) is 16.9 Å². The lowest BCUT2D eigenvalue weighted by molar-refractivity contribution is 0.341. The van der Waals surface area contributed by atoms with Gasteiger partial charge in [0.05, 0.1) is 6.61 Å². The van der Waals surface area contributed by atoms with E-state index in [4.69, 9.17) is 16.3 Å². The minimum absolute atomic E-state index is 0.237. The average molecular weight is 274 g/mol. The highest BCUT2D eigenvalue weighted by molar-refractivity contribution is 6.28. The van der Waals surface area contributed by atoms with Gasteiger partial charge in [-0.15, -0.1) is 5.10 Å². The third-order valence-corrected chi connectivity index (χ3v) is 2.97. The Balaban J connectivity index is 2.24. The Labute approximate surface area is 115 Å². The molecule has 3 aromatic rings. The zero-order chi connectivity index (χ0) is 13.2. The van der Waals surface area contributed by atoms with Crippen LogP contribution in [-0.2, 0) is 0 Å². The maximum atomic E-state index is 5.87. The Kier molecular flexibility index (Phi) is 3.09. The van der Waals surface area contributed by atoms with Crippen LogP contribution in [0.15, 0.2) is 42.6 Å². The highest BCUT2D eigenvalue weighted by Gasteiger charge is 2.12. The maximum absolute atomic E-state index is 5.87. The Hall–Kier alpha value is -2.07. The van der Waals surface area contributed by atoms with Crippen molar-refractivity contribution in [2.75, 3.05) is 6.61 Å². The summed E-state index contributed by atoms with van der Waals surface area (Å²) >= 11 is 5.87. The summed E-state index contributed by atoms with van der Waals surface area (Å²) in [7, 11) is 0. The van der Waals surface area contributed by atoms with Crippen LogP contribution in [0.2, 0.25) is 5.28 Å². The van der Waals surface area contributed by atoms with Crippen LogP contribution in [0.3, 0.4) is 0 Å². The molecule has 0 aliphatic heterocycles. The molecule has 0 radical (unpaired) electrons. The second kappa shape index (κ2) is 4.90. The summed E-state index contributed by atoms with van der Waals surface area (Å²) in [5, 5.41) is 4.34. The molecule has 4 nitrogen and oxygen atoms in total. The van der Waals surface area contributed by atoms with Gasteiger partial charge in [0, 0.05) is 17.3 Å². The molecule has 0 fully saturated rings. The van der Waals surface area contributed by atoms with Gasteiger partial charge in [-0.2, -0.15) is 4.98 Å². The molecule has 0 atom stereocenters. The van der Waals surface area contributed by atoms with E-state index in [-0.39, 0.29) is 5.28 Å². The second-order valence-corrected chi connectivity index (χ2v) is 4.34. The molecule has 0 saturated heterocycles. The highest BCUT2D eigenvalue weighted by Crippen LogP contribution is 2.32. The van der Waals surface area contributed by atoms with E-state index in [2.05, 4.69) is 10.1 Å². The number of ether oxygens (including phenoxy) is 1. The topological polar surface area (TPSA) is 39.4 Å². The largest absolute Gasteiger partial charge is 0.493 e. The molecule has 0 saturated carbocycles. The van der Waals surface area contributed by atoms with Gasteiger partial charge >= 0.3 is 0 Å². The van der Waals surface area contributed by atoms with Gasteiger partial charge in [0.1, 0.15) is 5.75 Å². The van der Waals surface area contributed by atoms with Gasteiger partial charge in [0.2, 0.25) is 5.28 Å². The fraction of sp³-hybridized carbons (Fsp3) is 0.143. The third kappa shape index (κ3) is 2.15. The number of halogens is 1. The summed E-state index contributed by atoms with van der Waals surface area (Å²) in [4.78, 5) is 4.25. The minimum Gasteiger partial charge on any atom is -0.493 e. The Morgan fingerprint density at radius 3 is 2.79 bits per heavy atom. The first-order valence-electron chi connectivity index (χ1n) is 6.02. The van der Waals surface area contributed by atoms with E-state index in [1.807, 2.05) is 49.5 Å². The summed E-state index contributed by atoms with van der Waals surface area (Å²) in [5.74, 6) is 0.831. The third-order valence-electron chi connectivity index (χ3n) is 2.81. The predicted octanol–water partition coefficient (Wildman–Crippen LogP) is 3.45. The van der Waals surface area contributed by atoms with Crippen LogP contribution in [0.25, 0.3) is 16.8 Å². The van der Waals surface area contributed by atoms with Crippen LogP contribution in [0.4, 0.5) is 0 Å². The van der Waals surface area contributed by atoms with E-state index in [1.165, 1.54) is 0 Å². The smallest absolute Gasteiger partial charge is 0.243 e. The number of hydrogen-bond donors (Lipinski definition) is 0. The quantitative estimate of drug-likeness (QED) is 0.734. The van der Waals surface area contributed by atoms with Crippen molar-refractivity contribution in [3.05, 3.63) is 47.9 Å². The molecular formula is C14H12ClN3O. The van der Waals surface area contributed by atoms with Crippen molar-refractivity contribution in [2.45, 2.75) is 6.92 Å². The van der Waals surface area contributed by atoms with Crippen LogP contribution >= 0.6 is 11.6 Å². The van der Waals surface area contributed by atoms with Gasteiger partial charge in [-0.1, -0.05) is 18.2 Å². The number of nitrogens with zero attached hydrogens (tertiary/aromatic N) is 3. The normalized spacial score (nSPS) is 10.8. The van der Waals surface area contributed by atoms with Crippen molar-refractivity contribution in [1.29, 1.82) is 0 Å². The van der Waals surface area contributed by atoms with Gasteiger partial charge in [-0.3, -0.25) is 0 Å². The van der Waals surface area contributed by atoms with Gasteiger partial charge in [-0.05, 0) is 36.7 Å². The highest BCUT2D eigenvalue weighted by atomic mass is 35.5. The van der Waals surface area contributed by atoms with E-state index in [9.17, 15) is 0 Å². The van der Waals surface area contributed by atoms with Crippen molar-refractivity contribution >= 4 is 17.2 Å². The fourth-order valence-corrected chi connectivity index (χ4v) is 2.22. The van der Waals surface area contributed by atoms with Gasteiger partial charge in [-0.25, -0.2) is 4.52 Å². The molecule has 2 aromatic heterocycles. The van der Waals surface area contributed by atoms with Crippen molar-refractivity contribution < 1.29 is 4.74 Å². The Morgan fingerprint density at radius 1 is 1.16 bits per heavy atom. The fourth-order valence-electron chi connectivity index (χ4n) is 2.06. The molecule has 96 valence electrons. The molecule has 0 spiro atoms. The molecule has 19 heavy (non-hydrogen) atoms. The van der Waals surface area contributed by atoms with E-state index < -0.39 is 0 Å². The van der Waals surface area contributed by atoms with E-state index in [1.54, 1.807) is 4.52 Å². The number of pyridine rings is 1. The van der Waals surface area contributed by atoms with Crippen LogP contribution in [0, 0.1) is 0 Å². The Bertz CT molecular complexity index is 724. The van der Waals surface area contributed by atoms with Gasteiger partial charge in [0.25, 0.3) is 0 Å². The summed E-state index contributed by atoms with van der Waals surface area (Å²) in [6, 6.07) is 11.8. The Morgan fingerprint density at radius 2 is 1.95 bits per heavy atom. The monoisotopic (exact) mass is 273 g/mol. The lowest BCUT2D eigenvalue weighted by atomic mass is 10.1. The molecule has 0 unspecified atom stereocenters. The summed E-state index contributed by atoms with van der Waals surface area (Å²) < 4.78 is 7.32. The zero-order valence-corrected chi connectivity index (χ0v) is 11.1. The molecule has 1 aromatic carbocycles. The maximum Gasteiger partial charge on any atom is 0.243 e. The summed E-state index contributed by atoms with van der Waals surface area (Å²) in [6.45, 7) is 2.58. The molecular weight excluding hydrogens is 262 g/mol. The minimum atomic E-state index is 0.237. The van der Waals surface area contributed by atoms with Crippen molar-refractivity contribution in [2.24, 2.45) is 0 Å². The predicted molar refractivity (Wildman–Crippen MR) is 74.6 cm³/mol. The summed E-state index contributed by atoms with van der Waals surface area (Å²) in [6.07, 6.45) is 1.82. The number of aromatic nitrogens is 3. The SMILES string of the molecule is CCOc1ccccc1-c1cccn2nc(Cl)nc12. The first-order chi connectivity index (χ1) is 9.29. The molecule has 0 N–H and O–H groups in total. The first-order valence-corrected chi connectivity index (χ1v) is 6.40. The van der Waals surface area contributed by atoms with E-state index in [0.717, 1.165) is 22.5 Å². The molecule has 0 aliphatic rings. The van der Waals surface area contributed by atoms with Gasteiger partial charge in [0.15, 0.2) is 5.65 Å². The van der Waals surface area contributed by atoms with Gasteiger partial charge < -0.3 is 4.74 Å². The molecule has 2 heterocycles. The number of benzene rings is 1. The van der Waals surface area contributed by atoms with Crippen molar-refractivity contribution in [1.82, 2.24) is 14.6 Å². The van der Waals surface area contributed by atoms with E-state index in [0.29, 0.717) is 6.61 Å². The number of hydrogen-bond acceptors (Lipinski definition) is 3. The van der Waals surface area contributed by atoms with Crippen molar-refractivity contribution in [3.63, 3.8) is 0 Å². The van der Waals surface area contributed by atoms with Crippen LogP contribution in [-0.4, -0.2) is 21.2 Å². The number of rotatable bonds is 3. The first kappa shape index (κ1) is 12.0. The molecule has 3 rings (SSSR count). The standard InChI is InChI=1S/C14H12ClN3O/c1-2-19-12-8-4-3-6-10(12)11-7-5-9-18-13(11)16-14(15)17-18/h3-9H,2H2,1H3. The molecule has 5 heteroatoms. The molecule has 0 aliphatic carbocycles. The molecule has 0 bridgehead atoms. The second-order valence-electron chi connectivity index (χ2n) is 4.00. The van der Waals surface area contributed by atoms with E-state index >= 15 is 0 Å². The molecule has 0 amide bonds. The number of para-hydroxylation sites is 1. The summed E-state index contributed by atoms with van der Waals surface area (Å²) in [5.41, 5.74) is 2.66. The van der Waals surface area contributed by atoms with Crippen LogP contribution in [0.5, 0.6) is 5.75 Å². The van der Waals surface area contributed by atoms with Crippen LogP contribution < -0.4 is 4.74 Å². The van der Waals surface area contributed by atoms with Crippen LogP contribution in [0.1, 0.15) is 6.92 Å². The zero-order valence-electron chi connectivity index (χ0n) is 10.4.